The molecule has 0 unspecified atom stereocenters. The average Bonchev–Trinajstić information content (AvgIpc) is 2.56. The Kier molecular flexibility index (Phi) is 5.54. The van der Waals surface area contributed by atoms with Gasteiger partial charge in [-0.2, -0.15) is 0 Å². The molecule has 2 aromatic rings. The highest BCUT2D eigenvalue weighted by atomic mass is 16.2. The molecule has 0 atom stereocenters. The number of urea groups is 2. The zero-order valence-electron chi connectivity index (χ0n) is 12.6. The monoisotopic (exact) mass is 313 g/mol. The lowest BCUT2D eigenvalue weighted by Crippen LogP contribution is -2.54. The highest BCUT2D eigenvalue weighted by molar-refractivity contribution is 5.79. The van der Waals surface area contributed by atoms with Crippen LogP contribution in [0.1, 0.15) is 11.1 Å². The van der Waals surface area contributed by atoms with Gasteiger partial charge in [0, 0.05) is 0 Å². The molecule has 0 fully saturated rings. The second-order valence-corrected chi connectivity index (χ2v) is 4.94. The number of hydrogen-bond acceptors (Lipinski definition) is 3. The molecule has 0 spiro atoms. The van der Waals surface area contributed by atoms with E-state index in [1.54, 1.807) is 0 Å². The summed E-state index contributed by atoms with van der Waals surface area (Å²) in [5.74, 6) is 5.73. The van der Waals surface area contributed by atoms with Gasteiger partial charge in [-0.05, 0) is 11.1 Å². The van der Waals surface area contributed by atoms with Crippen molar-refractivity contribution >= 4 is 12.1 Å². The minimum absolute atomic E-state index is 0.154. The van der Waals surface area contributed by atoms with E-state index in [0.717, 1.165) is 21.1 Å². The van der Waals surface area contributed by atoms with Gasteiger partial charge in [0.25, 0.3) is 0 Å². The fraction of sp³-hybridized carbons (Fsp3) is 0.125. The largest absolute Gasteiger partial charge is 0.350 e. The lowest BCUT2D eigenvalue weighted by molar-refractivity contribution is 0.147. The van der Waals surface area contributed by atoms with Gasteiger partial charge in [-0.1, -0.05) is 60.7 Å². The van der Waals surface area contributed by atoms with Gasteiger partial charge < -0.3 is 5.73 Å². The molecule has 0 aliphatic heterocycles. The molecule has 7 heteroatoms. The fourth-order valence-electron chi connectivity index (χ4n) is 1.97. The predicted molar refractivity (Wildman–Crippen MR) is 86.3 cm³/mol. The van der Waals surface area contributed by atoms with Crippen molar-refractivity contribution in [3.8, 4) is 0 Å². The van der Waals surface area contributed by atoms with Gasteiger partial charge in [0.15, 0.2) is 0 Å². The van der Waals surface area contributed by atoms with E-state index in [-0.39, 0.29) is 13.1 Å². The van der Waals surface area contributed by atoms with Gasteiger partial charge >= 0.3 is 12.1 Å². The summed E-state index contributed by atoms with van der Waals surface area (Å²) < 4.78 is 0. The number of hydrogen-bond donors (Lipinski definition) is 3. The molecule has 0 heterocycles. The number of nitrogens with zero attached hydrogens (tertiary/aromatic N) is 2. The van der Waals surface area contributed by atoms with Gasteiger partial charge in [0.2, 0.25) is 0 Å². The number of hydrazine groups is 2. The summed E-state index contributed by atoms with van der Waals surface area (Å²) in [4.78, 5) is 23.6. The molecule has 0 aromatic heterocycles. The van der Waals surface area contributed by atoms with Gasteiger partial charge in [0.1, 0.15) is 0 Å². The Hall–Kier alpha value is -3.06. The van der Waals surface area contributed by atoms with E-state index in [1.165, 1.54) is 0 Å². The summed E-state index contributed by atoms with van der Waals surface area (Å²) in [6.45, 7) is 0.367. The second kappa shape index (κ2) is 7.81. The number of amides is 4. The zero-order valence-corrected chi connectivity index (χ0v) is 12.6. The van der Waals surface area contributed by atoms with Crippen molar-refractivity contribution in [3.05, 3.63) is 71.8 Å². The first-order valence-corrected chi connectivity index (χ1v) is 7.04. The first-order chi connectivity index (χ1) is 11.1. The van der Waals surface area contributed by atoms with E-state index in [4.69, 9.17) is 11.6 Å². The number of benzene rings is 2. The number of nitrogens with two attached hydrogens (primary N) is 2. The third-order valence-corrected chi connectivity index (χ3v) is 3.14. The Balaban J connectivity index is 1.96. The standard InChI is InChI=1S/C16H19N5O2/c17-15(22)21(12-14-9-5-2-6-10-14)19-16(23)20(18)11-13-7-3-1-4-8-13/h1-10H,11-12,18H2,(H2,17,22)(H,19,23). The van der Waals surface area contributed by atoms with Crippen molar-refractivity contribution in [1.82, 2.24) is 15.4 Å². The minimum Gasteiger partial charge on any atom is -0.350 e. The van der Waals surface area contributed by atoms with Gasteiger partial charge in [-0.25, -0.2) is 25.9 Å². The van der Waals surface area contributed by atoms with Crippen molar-refractivity contribution in [1.29, 1.82) is 0 Å². The lowest BCUT2D eigenvalue weighted by atomic mass is 10.2. The molecule has 120 valence electrons. The molecule has 5 N–H and O–H groups in total. The quantitative estimate of drug-likeness (QED) is 0.453. The van der Waals surface area contributed by atoms with Crippen LogP contribution < -0.4 is 17.0 Å². The van der Waals surface area contributed by atoms with Crippen LogP contribution in [0.15, 0.2) is 60.7 Å². The third kappa shape index (κ3) is 5.01. The zero-order chi connectivity index (χ0) is 16.7. The van der Waals surface area contributed by atoms with Crippen LogP contribution in [0.4, 0.5) is 9.59 Å². The highest BCUT2D eigenvalue weighted by Gasteiger charge is 2.17. The summed E-state index contributed by atoms with van der Waals surface area (Å²) in [6, 6.07) is 17.1. The summed E-state index contributed by atoms with van der Waals surface area (Å²) in [5, 5.41) is 2.00. The molecule has 2 aromatic carbocycles. The summed E-state index contributed by atoms with van der Waals surface area (Å²) >= 11 is 0. The van der Waals surface area contributed by atoms with Crippen LogP contribution in [-0.2, 0) is 13.1 Å². The van der Waals surface area contributed by atoms with E-state index in [1.807, 2.05) is 60.7 Å². The smallest absolute Gasteiger partial charge is 0.350 e. The lowest BCUT2D eigenvalue weighted by Gasteiger charge is -2.25. The molecule has 23 heavy (non-hydrogen) atoms. The van der Waals surface area contributed by atoms with Gasteiger partial charge in [-0.3, -0.25) is 5.01 Å². The van der Waals surface area contributed by atoms with Crippen molar-refractivity contribution in [2.45, 2.75) is 13.1 Å². The van der Waals surface area contributed by atoms with Crippen molar-refractivity contribution in [3.63, 3.8) is 0 Å². The maximum absolute atomic E-state index is 12.1. The average molecular weight is 313 g/mol. The van der Waals surface area contributed by atoms with Crippen LogP contribution in [0.5, 0.6) is 0 Å². The molecule has 0 bridgehead atoms. The Morgan fingerprint density at radius 2 is 1.35 bits per heavy atom. The first-order valence-electron chi connectivity index (χ1n) is 7.04. The van der Waals surface area contributed by atoms with E-state index >= 15 is 0 Å². The van der Waals surface area contributed by atoms with Crippen LogP contribution in [0.3, 0.4) is 0 Å². The molecule has 4 amide bonds. The van der Waals surface area contributed by atoms with Crippen molar-refractivity contribution in [2.24, 2.45) is 11.6 Å². The van der Waals surface area contributed by atoms with Crippen molar-refractivity contribution in [2.75, 3.05) is 0 Å². The number of carbonyl (C=O) groups is 2. The second-order valence-electron chi connectivity index (χ2n) is 4.94. The summed E-state index contributed by atoms with van der Waals surface area (Å²) in [5.41, 5.74) is 9.41. The molecule has 0 saturated heterocycles. The van der Waals surface area contributed by atoms with Gasteiger partial charge in [0.05, 0.1) is 13.1 Å². The van der Waals surface area contributed by atoms with Crippen LogP contribution in [0, 0.1) is 0 Å². The highest BCUT2D eigenvalue weighted by Crippen LogP contribution is 2.04. The Labute approximate surface area is 134 Å². The Morgan fingerprint density at radius 1 is 0.870 bits per heavy atom. The molecule has 0 aliphatic carbocycles. The number of rotatable bonds is 4. The van der Waals surface area contributed by atoms with E-state index in [9.17, 15) is 9.59 Å². The number of primary amides is 1. The molecule has 0 saturated carbocycles. The maximum atomic E-state index is 12.1. The number of carbonyl (C=O) groups excluding carboxylic acids is 2. The molecular formula is C16H19N5O2. The summed E-state index contributed by atoms with van der Waals surface area (Å²) in [6.07, 6.45) is 0. The fourth-order valence-corrected chi connectivity index (χ4v) is 1.97. The SMILES string of the molecule is NC(=O)N(Cc1ccccc1)NC(=O)N(N)Cc1ccccc1. The van der Waals surface area contributed by atoms with E-state index < -0.39 is 12.1 Å². The molecule has 2 rings (SSSR count). The van der Waals surface area contributed by atoms with Crippen molar-refractivity contribution < 1.29 is 9.59 Å². The third-order valence-electron chi connectivity index (χ3n) is 3.14. The Morgan fingerprint density at radius 3 is 1.83 bits per heavy atom. The molecule has 7 nitrogen and oxygen atoms in total. The van der Waals surface area contributed by atoms with Crippen LogP contribution in [0.25, 0.3) is 0 Å². The first kappa shape index (κ1) is 16.3. The molecular weight excluding hydrogens is 294 g/mol. The number of nitrogens with one attached hydrogen (secondary N) is 1. The Bertz CT molecular complexity index is 648. The normalized spacial score (nSPS) is 9.96. The minimum atomic E-state index is -0.768. The summed E-state index contributed by atoms with van der Waals surface area (Å²) in [7, 11) is 0. The van der Waals surface area contributed by atoms with Crippen LogP contribution in [-0.4, -0.2) is 22.1 Å². The molecule has 0 radical (unpaired) electrons. The van der Waals surface area contributed by atoms with E-state index in [0.29, 0.717) is 0 Å². The van der Waals surface area contributed by atoms with Crippen LogP contribution in [0.2, 0.25) is 0 Å². The maximum Gasteiger partial charge on any atom is 0.350 e. The molecule has 0 aliphatic rings. The van der Waals surface area contributed by atoms with Crippen LogP contribution >= 0.6 is 0 Å². The van der Waals surface area contributed by atoms with E-state index in [2.05, 4.69) is 5.43 Å². The van der Waals surface area contributed by atoms with Gasteiger partial charge in [-0.15, -0.1) is 0 Å². The predicted octanol–water partition coefficient (Wildman–Crippen LogP) is 1.57. The topological polar surface area (TPSA) is 105 Å².